The van der Waals surface area contributed by atoms with Crippen molar-refractivity contribution in [2.24, 2.45) is 5.92 Å². The van der Waals surface area contributed by atoms with Crippen molar-refractivity contribution in [3.8, 4) is 0 Å². The molecule has 0 bridgehead atoms. The first kappa shape index (κ1) is 17.9. The van der Waals surface area contributed by atoms with Gasteiger partial charge >= 0.3 is 0 Å². The van der Waals surface area contributed by atoms with Crippen LogP contribution in [0.1, 0.15) is 43.1 Å². The van der Waals surface area contributed by atoms with Crippen LogP contribution in [-0.2, 0) is 6.54 Å². The van der Waals surface area contributed by atoms with E-state index in [-0.39, 0.29) is 5.91 Å². The third kappa shape index (κ3) is 5.33. The zero-order valence-electron chi connectivity index (χ0n) is 14.7. The fraction of sp³-hybridized carbons (Fsp3) is 0.421. The largest absolute Gasteiger partial charge is 0.354 e. The molecule has 0 atom stereocenters. The number of nitrogens with one attached hydrogen (secondary N) is 1. The maximum Gasteiger partial charge on any atom is 0.257 e. The maximum absolute atomic E-state index is 12.6. The van der Waals surface area contributed by atoms with Crippen molar-refractivity contribution in [1.29, 1.82) is 0 Å². The molecule has 1 amide bonds. The van der Waals surface area contributed by atoms with Crippen LogP contribution in [0.25, 0.3) is 0 Å². The lowest BCUT2D eigenvalue weighted by Crippen LogP contribution is -2.30. The molecule has 128 valence electrons. The van der Waals surface area contributed by atoms with Crippen molar-refractivity contribution in [3.05, 3.63) is 53.9 Å². The molecule has 0 aliphatic heterocycles. The van der Waals surface area contributed by atoms with Crippen molar-refractivity contribution in [2.75, 3.05) is 18.4 Å². The monoisotopic (exact) mass is 326 g/mol. The van der Waals surface area contributed by atoms with Crippen LogP contribution in [0.15, 0.2) is 42.7 Å². The summed E-state index contributed by atoms with van der Waals surface area (Å²) in [6.07, 6.45) is 4.26. The van der Waals surface area contributed by atoms with Crippen LogP contribution in [0, 0.1) is 5.92 Å². The predicted octanol–water partition coefficient (Wildman–Crippen LogP) is 3.60. The molecule has 5 heteroatoms. The lowest BCUT2D eigenvalue weighted by molar-refractivity contribution is 0.0752. The van der Waals surface area contributed by atoms with Gasteiger partial charge in [0.2, 0.25) is 5.95 Å². The van der Waals surface area contributed by atoms with E-state index in [1.807, 2.05) is 37.3 Å². The van der Waals surface area contributed by atoms with Crippen LogP contribution < -0.4 is 5.32 Å². The van der Waals surface area contributed by atoms with Crippen molar-refractivity contribution < 1.29 is 4.79 Å². The Balaban J connectivity index is 1.97. The van der Waals surface area contributed by atoms with Crippen LogP contribution in [0.5, 0.6) is 0 Å². The standard InChI is InChI=1S/C19H26N4O/c1-4-23(14-16-8-6-5-7-9-16)18(24)17-12-21-19(22-13-17)20-11-10-15(2)3/h5-9,12-13,15H,4,10-11,14H2,1-3H3,(H,20,21,22). The van der Waals surface area contributed by atoms with Gasteiger partial charge in [-0.25, -0.2) is 9.97 Å². The minimum Gasteiger partial charge on any atom is -0.354 e. The molecular formula is C19H26N4O. The van der Waals surface area contributed by atoms with Gasteiger partial charge in [-0.3, -0.25) is 4.79 Å². The normalized spacial score (nSPS) is 10.7. The van der Waals surface area contributed by atoms with Gasteiger partial charge in [0.15, 0.2) is 0 Å². The van der Waals surface area contributed by atoms with Gasteiger partial charge in [0.25, 0.3) is 5.91 Å². The number of carbonyl (C=O) groups is 1. The van der Waals surface area contributed by atoms with Crippen molar-refractivity contribution in [3.63, 3.8) is 0 Å². The number of amides is 1. The van der Waals surface area contributed by atoms with Crippen LogP contribution in [0.4, 0.5) is 5.95 Å². The summed E-state index contributed by atoms with van der Waals surface area (Å²) in [7, 11) is 0. The molecule has 1 aromatic heterocycles. The summed E-state index contributed by atoms with van der Waals surface area (Å²) in [5.74, 6) is 1.16. The van der Waals surface area contributed by atoms with Gasteiger partial charge in [-0.2, -0.15) is 0 Å². The van der Waals surface area contributed by atoms with E-state index in [4.69, 9.17) is 0 Å². The molecular weight excluding hydrogens is 300 g/mol. The smallest absolute Gasteiger partial charge is 0.257 e. The Hall–Kier alpha value is -2.43. The van der Waals surface area contributed by atoms with Gasteiger partial charge in [-0.1, -0.05) is 44.2 Å². The second kappa shape index (κ2) is 9.01. The minimum atomic E-state index is -0.0462. The van der Waals surface area contributed by atoms with Crippen LogP contribution in [0.3, 0.4) is 0 Å². The van der Waals surface area contributed by atoms with Gasteiger partial charge in [0.1, 0.15) is 0 Å². The molecule has 0 saturated heterocycles. The molecule has 1 heterocycles. The first-order valence-corrected chi connectivity index (χ1v) is 8.49. The number of aromatic nitrogens is 2. The summed E-state index contributed by atoms with van der Waals surface area (Å²) >= 11 is 0. The van der Waals surface area contributed by atoms with Gasteiger partial charge < -0.3 is 10.2 Å². The van der Waals surface area contributed by atoms with Crippen LogP contribution in [0.2, 0.25) is 0 Å². The predicted molar refractivity (Wildman–Crippen MR) is 96.8 cm³/mol. The second-order valence-corrected chi connectivity index (χ2v) is 6.21. The number of nitrogens with zero attached hydrogens (tertiary/aromatic N) is 3. The van der Waals surface area contributed by atoms with Crippen LogP contribution >= 0.6 is 0 Å². The van der Waals surface area contributed by atoms with Crippen LogP contribution in [-0.4, -0.2) is 33.9 Å². The number of rotatable bonds is 8. The number of carbonyl (C=O) groups excluding carboxylic acids is 1. The van der Waals surface area contributed by atoms with E-state index in [2.05, 4.69) is 29.1 Å². The van der Waals surface area contributed by atoms with Crippen molar-refractivity contribution in [2.45, 2.75) is 33.7 Å². The van der Waals surface area contributed by atoms with E-state index in [0.29, 0.717) is 30.5 Å². The maximum atomic E-state index is 12.6. The third-order valence-electron chi connectivity index (χ3n) is 3.79. The summed E-state index contributed by atoms with van der Waals surface area (Å²) in [4.78, 5) is 22.9. The molecule has 0 spiro atoms. The highest BCUT2D eigenvalue weighted by Crippen LogP contribution is 2.10. The van der Waals surface area contributed by atoms with Crippen molar-refractivity contribution >= 4 is 11.9 Å². The molecule has 0 aliphatic carbocycles. The fourth-order valence-electron chi connectivity index (χ4n) is 2.32. The summed E-state index contributed by atoms with van der Waals surface area (Å²) in [6.45, 7) is 8.39. The van der Waals surface area contributed by atoms with E-state index in [1.165, 1.54) is 0 Å². The molecule has 0 unspecified atom stereocenters. The second-order valence-electron chi connectivity index (χ2n) is 6.21. The van der Waals surface area contributed by atoms with E-state index in [0.717, 1.165) is 18.5 Å². The molecule has 1 aromatic carbocycles. The quantitative estimate of drug-likeness (QED) is 0.805. The molecule has 5 nitrogen and oxygen atoms in total. The molecule has 24 heavy (non-hydrogen) atoms. The summed E-state index contributed by atoms with van der Waals surface area (Å²) in [5, 5.41) is 3.18. The molecule has 0 fully saturated rings. The first-order valence-electron chi connectivity index (χ1n) is 8.49. The average molecular weight is 326 g/mol. The molecule has 1 N–H and O–H groups in total. The minimum absolute atomic E-state index is 0.0462. The zero-order valence-corrected chi connectivity index (χ0v) is 14.7. The molecule has 2 aromatic rings. The van der Waals surface area contributed by atoms with E-state index >= 15 is 0 Å². The number of anilines is 1. The Kier molecular flexibility index (Phi) is 6.73. The Morgan fingerprint density at radius 3 is 2.42 bits per heavy atom. The lowest BCUT2D eigenvalue weighted by Gasteiger charge is -2.20. The molecule has 0 saturated carbocycles. The zero-order chi connectivity index (χ0) is 17.4. The summed E-state index contributed by atoms with van der Waals surface area (Å²) in [6, 6.07) is 9.98. The van der Waals surface area contributed by atoms with Gasteiger partial charge in [0.05, 0.1) is 5.56 Å². The molecule has 0 radical (unpaired) electrons. The SMILES string of the molecule is CCN(Cc1ccccc1)C(=O)c1cnc(NCCC(C)C)nc1. The van der Waals surface area contributed by atoms with E-state index in [1.54, 1.807) is 17.3 Å². The Labute approximate surface area is 144 Å². The highest BCUT2D eigenvalue weighted by atomic mass is 16.2. The molecule has 0 aliphatic rings. The summed E-state index contributed by atoms with van der Waals surface area (Å²) < 4.78 is 0. The Morgan fingerprint density at radius 2 is 1.83 bits per heavy atom. The van der Waals surface area contributed by atoms with Crippen molar-refractivity contribution in [1.82, 2.24) is 14.9 Å². The summed E-state index contributed by atoms with van der Waals surface area (Å²) in [5.41, 5.74) is 1.63. The average Bonchev–Trinajstić information content (AvgIpc) is 2.60. The highest BCUT2D eigenvalue weighted by molar-refractivity contribution is 5.93. The molecule has 2 rings (SSSR count). The lowest BCUT2D eigenvalue weighted by atomic mass is 10.1. The topological polar surface area (TPSA) is 58.1 Å². The van der Waals surface area contributed by atoms with E-state index in [9.17, 15) is 4.79 Å². The number of hydrogen-bond donors (Lipinski definition) is 1. The van der Waals surface area contributed by atoms with E-state index < -0.39 is 0 Å². The van der Waals surface area contributed by atoms with Gasteiger partial charge in [0, 0.05) is 32.0 Å². The first-order chi connectivity index (χ1) is 11.6. The number of benzene rings is 1. The highest BCUT2D eigenvalue weighted by Gasteiger charge is 2.15. The Bertz CT molecular complexity index is 626. The fourth-order valence-corrected chi connectivity index (χ4v) is 2.32. The van der Waals surface area contributed by atoms with Gasteiger partial charge in [-0.15, -0.1) is 0 Å². The number of hydrogen-bond acceptors (Lipinski definition) is 4. The third-order valence-corrected chi connectivity index (χ3v) is 3.79. The Morgan fingerprint density at radius 1 is 1.17 bits per heavy atom. The van der Waals surface area contributed by atoms with Gasteiger partial charge in [-0.05, 0) is 24.8 Å².